The molecule has 142 valence electrons. The van der Waals surface area contributed by atoms with Crippen LogP contribution in [-0.2, 0) is 6.42 Å². The normalized spacial score (nSPS) is 10.7. The lowest BCUT2D eigenvalue weighted by molar-refractivity contribution is 0.354. The lowest BCUT2D eigenvalue weighted by atomic mass is 10.1. The summed E-state index contributed by atoms with van der Waals surface area (Å²) < 4.78 is 16.0. The van der Waals surface area contributed by atoms with E-state index < -0.39 is 0 Å². The zero-order valence-corrected chi connectivity index (χ0v) is 16.6. The van der Waals surface area contributed by atoms with E-state index in [4.69, 9.17) is 19.2 Å². The Kier molecular flexibility index (Phi) is 5.69. The summed E-state index contributed by atoms with van der Waals surface area (Å²) in [5.41, 5.74) is 3.34. The topological polar surface area (TPSA) is 43.8 Å². The van der Waals surface area contributed by atoms with Gasteiger partial charge in [0.15, 0.2) is 11.5 Å². The van der Waals surface area contributed by atoms with Crippen LogP contribution < -0.4 is 19.1 Å². The Morgan fingerprint density at radius 2 is 1.67 bits per heavy atom. The van der Waals surface area contributed by atoms with E-state index in [1.54, 1.807) is 21.3 Å². The molecule has 0 aliphatic carbocycles. The van der Waals surface area contributed by atoms with Crippen LogP contribution in [-0.4, -0.2) is 39.9 Å². The minimum Gasteiger partial charge on any atom is -0.497 e. The summed E-state index contributed by atoms with van der Waals surface area (Å²) >= 11 is 0. The molecule has 0 aliphatic rings. The van der Waals surface area contributed by atoms with E-state index in [0.29, 0.717) is 0 Å². The van der Waals surface area contributed by atoms with Crippen molar-refractivity contribution in [3.63, 3.8) is 0 Å². The highest BCUT2D eigenvalue weighted by molar-refractivity contribution is 5.85. The molecule has 0 N–H and O–H groups in total. The highest BCUT2D eigenvalue weighted by atomic mass is 16.5. The molecule has 5 heteroatoms. The minimum absolute atomic E-state index is 0.746. The van der Waals surface area contributed by atoms with E-state index in [1.165, 1.54) is 11.1 Å². The standard InChI is InChI=1S/C22H26N2O3/c1-15-12-22(23-19-14-17(25-3)7-8-18(15)19)24(2)11-10-16-6-9-20(26-4)21(13-16)27-5/h6-9,12-14H,10-11H2,1-5H3. The van der Waals surface area contributed by atoms with Crippen molar-refractivity contribution in [3.8, 4) is 17.2 Å². The molecule has 0 amide bonds. The van der Waals surface area contributed by atoms with Crippen molar-refractivity contribution in [2.24, 2.45) is 0 Å². The molecule has 3 aromatic rings. The fourth-order valence-corrected chi connectivity index (χ4v) is 3.13. The highest BCUT2D eigenvalue weighted by Crippen LogP contribution is 2.28. The van der Waals surface area contributed by atoms with Gasteiger partial charge in [-0.15, -0.1) is 0 Å². The Morgan fingerprint density at radius 3 is 2.37 bits per heavy atom. The molecule has 0 saturated carbocycles. The number of methoxy groups -OCH3 is 3. The SMILES string of the molecule is COc1ccc2c(C)cc(N(C)CCc3ccc(OC)c(OC)c3)nc2c1. The van der Waals surface area contributed by atoms with E-state index in [9.17, 15) is 0 Å². The van der Waals surface area contributed by atoms with Gasteiger partial charge in [-0.3, -0.25) is 0 Å². The summed E-state index contributed by atoms with van der Waals surface area (Å²) in [6.45, 7) is 2.96. The Balaban J connectivity index is 1.78. The molecule has 27 heavy (non-hydrogen) atoms. The van der Waals surface area contributed by atoms with Gasteiger partial charge in [0, 0.05) is 25.0 Å². The maximum absolute atomic E-state index is 5.39. The second-order valence-electron chi connectivity index (χ2n) is 6.54. The molecule has 0 unspecified atom stereocenters. The van der Waals surface area contributed by atoms with Gasteiger partial charge in [0.25, 0.3) is 0 Å². The molecule has 0 saturated heterocycles. The molecule has 0 bridgehead atoms. The number of hydrogen-bond donors (Lipinski definition) is 0. The first-order valence-electron chi connectivity index (χ1n) is 8.93. The third-order valence-electron chi connectivity index (χ3n) is 4.79. The average molecular weight is 366 g/mol. The molecule has 0 aliphatic heterocycles. The molecule has 0 spiro atoms. The van der Waals surface area contributed by atoms with Crippen LogP contribution in [0.3, 0.4) is 0 Å². The van der Waals surface area contributed by atoms with Crippen molar-refractivity contribution in [2.45, 2.75) is 13.3 Å². The Hall–Kier alpha value is -2.95. The van der Waals surface area contributed by atoms with Crippen LogP contribution in [0.2, 0.25) is 0 Å². The van der Waals surface area contributed by atoms with Gasteiger partial charge >= 0.3 is 0 Å². The first-order chi connectivity index (χ1) is 13.0. The molecule has 2 aromatic carbocycles. The Bertz CT molecular complexity index is 940. The second kappa shape index (κ2) is 8.16. The van der Waals surface area contributed by atoms with Gasteiger partial charge in [-0.2, -0.15) is 0 Å². The molecule has 0 fully saturated rings. The van der Waals surface area contributed by atoms with Crippen LogP contribution in [0.4, 0.5) is 5.82 Å². The Labute approximate surface area is 160 Å². The summed E-state index contributed by atoms with van der Waals surface area (Å²) in [5, 5.41) is 1.15. The number of rotatable bonds is 7. The van der Waals surface area contributed by atoms with Gasteiger partial charge in [0.2, 0.25) is 0 Å². The van der Waals surface area contributed by atoms with Crippen LogP contribution in [0, 0.1) is 6.92 Å². The molecule has 3 rings (SSSR count). The third-order valence-corrected chi connectivity index (χ3v) is 4.79. The molecule has 0 radical (unpaired) electrons. The smallest absolute Gasteiger partial charge is 0.160 e. The van der Waals surface area contributed by atoms with Crippen LogP contribution in [0.1, 0.15) is 11.1 Å². The summed E-state index contributed by atoms with van der Waals surface area (Å²) in [4.78, 5) is 6.99. The summed E-state index contributed by atoms with van der Waals surface area (Å²) in [6.07, 6.45) is 0.883. The van der Waals surface area contributed by atoms with Crippen molar-refractivity contribution < 1.29 is 14.2 Å². The van der Waals surface area contributed by atoms with E-state index in [-0.39, 0.29) is 0 Å². The number of benzene rings is 2. The molecule has 5 nitrogen and oxygen atoms in total. The first kappa shape index (κ1) is 18.8. The molecular weight excluding hydrogens is 340 g/mol. The predicted molar refractivity (Wildman–Crippen MR) is 110 cm³/mol. The third kappa shape index (κ3) is 4.08. The summed E-state index contributed by atoms with van der Waals surface area (Å²) in [6, 6.07) is 14.2. The zero-order valence-electron chi connectivity index (χ0n) is 16.6. The molecule has 0 atom stereocenters. The van der Waals surface area contributed by atoms with Crippen molar-refractivity contribution in [1.29, 1.82) is 0 Å². The number of anilines is 1. The van der Waals surface area contributed by atoms with E-state index >= 15 is 0 Å². The number of fused-ring (bicyclic) bond motifs is 1. The molecule has 1 aromatic heterocycles. The lowest BCUT2D eigenvalue weighted by Gasteiger charge is -2.20. The fraction of sp³-hybridized carbons (Fsp3) is 0.318. The number of aromatic nitrogens is 1. The quantitative estimate of drug-likeness (QED) is 0.625. The lowest BCUT2D eigenvalue weighted by Crippen LogP contribution is -2.21. The van der Waals surface area contributed by atoms with E-state index in [0.717, 1.165) is 46.9 Å². The minimum atomic E-state index is 0.746. The second-order valence-corrected chi connectivity index (χ2v) is 6.54. The maximum Gasteiger partial charge on any atom is 0.160 e. The molecule has 1 heterocycles. The van der Waals surface area contributed by atoms with Crippen molar-refractivity contribution in [1.82, 2.24) is 4.98 Å². The number of ether oxygens (including phenoxy) is 3. The largest absolute Gasteiger partial charge is 0.497 e. The van der Waals surface area contributed by atoms with Crippen molar-refractivity contribution >= 4 is 16.7 Å². The highest BCUT2D eigenvalue weighted by Gasteiger charge is 2.10. The predicted octanol–water partition coefficient (Wildman–Crippen LogP) is 4.25. The number of aryl methyl sites for hydroxylation is 1. The van der Waals surface area contributed by atoms with Gasteiger partial charge < -0.3 is 19.1 Å². The van der Waals surface area contributed by atoms with Gasteiger partial charge in [-0.25, -0.2) is 4.98 Å². The maximum atomic E-state index is 5.39. The van der Waals surface area contributed by atoms with Gasteiger partial charge in [-0.05, 0) is 54.8 Å². The Morgan fingerprint density at radius 1 is 0.889 bits per heavy atom. The van der Waals surface area contributed by atoms with Gasteiger partial charge in [0.1, 0.15) is 11.6 Å². The van der Waals surface area contributed by atoms with E-state index in [1.807, 2.05) is 24.3 Å². The number of likely N-dealkylation sites (N-methyl/N-ethyl adjacent to an activating group) is 1. The fourth-order valence-electron chi connectivity index (χ4n) is 3.13. The van der Waals surface area contributed by atoms with Gasteiger partial charge in [-0.1, -0.05) is 6.07 Å². The zero-order chi connectivity index (χ0) is 19.4. The van der Waals surface area contributed by atoms with E-state index in [2.05, 4.69) is 37.1 Å². The summed E-state index contributed by atoms with van der Waals surface area (Å²) in [5.74, 6) is 3.27. The van der Waals surface area contributed by atoms with Gasteiger partial charge in [0.05, 0.1) is 26.8 Å². The van der Waals surface area contributed by atoms with Crippen LogP contribution in [0.15, 0.2) is 42.5 Å². The summed E-state index contributed by atoms with van der Waals surface area (Å²) in [7, 11) is 7.04. The monoisotopic (exact) mass is 366 g/mol. The van der Waals surface area contributed by atoms with Crippen molar-refractivity contribution in [2.75, 3.05) is 39.8 Å². The number of nitrogens with zero attached hydrogens (tertiary/aromatic N) is 2. The van der Waals surface area contributed by atoms with Crippen LogP contribution >= 0.6 is 0 Å². The number of pyridine rings is 1. The average Bonchev–Trinajstić information content (AvgIpc) is 2.71. The molecular formula is C22H26N2O3. The van der Waals surface area contributed by atoms with Crippen molar-refractivity contribution in [3.05, 3.63) is 53.6 Å². The van der Waals surface area contributed by atoms with Crippen LogP contribution in [0.25, 0.3) is 10.9 Å². The number of hydrogen-bond acceptors (Lipinski definition) is 5. The van der Waals surface area contributed by atoms with Crippen LogP contribution in [0.5, 0.6) is 17.2 Å². The first-order valence-corrected chi connectivity index (χ1v) is 8.93.